The van der Waals surface area contributed by atoms with Crippen molar-refractivity contribution in [1.29, 1.82) is 0 Å². The summed E-state index contributed by atoms with van der Waals surface area (Å²) in [5, 5.41) is 0. The molecule has 0 spiro atoms. The minimum atomic E-state index is 0.569. The molecule has 0 aliphatic rings. The molecule has 0 unspecified atom stereocenters. The molecule has 7 heavy (non-hydrogen) atoms. The van der Waals surface area contributed by atoms with Crippen LogP contribution in [-0.4, -0.2) is 4.99 Å². The first-order chi connectivity index (χ1) is 3.27. The molecule has 0 aliphatic heterocycles. The molecular weight excluding hydrogens is 106 g/mol. The summed E-state index contributed by atoms with van der Waals surface area (Å²) in [5.41, 5.74) is 5.16. The predicted molar refractivity (Wildman–Crippen MR) is 36.2 cm³/mol. The van der Waals surface area contributed by atoms with Crippen LogP contribution in [0.15, 0.2) is 12.7 Å². The molecule has 0 saturated carbocycles. The lowest BCUT2D eigenvalue weighted by Crippen LogP contribution is -2.05. The number of allylic oxidation sites excluding steroid dienone is 1. The molecule has 0 rings (SSSR count). The summed E-state index contributed by atoms with van der Waals surface area (Å²) in [6.07, 6.45) is 3.49. The Labute approximate surface area is 49.2 Å². The molecule has 0 aromatic rings. The number of nitrogens with two attached hydrogens (primary N) is 1. The molecule has 40 valence electrons. The van der Waals surface area contributed by atoms with Crippen LogP contribution in [0.2, 0.25) is 0 Å². The first kappa shape index (κ1) is 6.63. The number of rotatable bonds is 3. The van der Waals surface area contributed by atoms with Gasteiger partial charge in [0, 0.05) is 6.42 Å². The van der Waals surface area contributed by atoms with E-state index < -0.39 is 0 Å². The summed E-state index contributed by atoms with van der Waals surface area (Å²) in [6, 6.07) is 0. The van der Waals surface area contributed by atoms with Crippen LogP contribution in [-0.2, 0) is 0 Å². The fourth-order valence-corrected chi connectivity index (χ4v) is 0.362. The van der Waals surface area contributed by atoms with Crippen molar-refractivity contribution in [3.63, 3.8) is 0 Å². The second-order valence-corrected chi connectivity index (χ2v) is 1.82. The number of hydrogen-bond donors (Lipinski definition) is 1. The quantitative estimate of drug-likeness (QED) is 0.442. The van der Waals surface area contributed by atoms with Crippen LogP contribution >= 0.6 is 12.2 Å². The molecule has 0 bridgehead atoms. The third kappa shape index (κ3) is 5.63. The molecule has 2 N–H and O–H groups in total. The molecule has 0 heterocycles. The van der Waals surface area contributed by atoms with Crippen LogP contribution in [0.4, 0.5) is 0 Å². The van der Waals surface area contributed by atoms with Crippen molar-refractivity contribution in [1.82, 2.24) is 0 Å². The van der Waals surface area contributed by atoms with E-state index in [4.69, 9.17) is 5.73 Å². The van der Waals surface area contributed by atoms with Crippen LogP contribution in [0, 0.1) is 0 Å². The van der Waals surface area contributed by atoms with Gasteiger partial charge in [-0.05, 0) is 6.42 Å². The molecule has 0 aromatic heterocycles. The molecule has 2 heteroatoms. The second-order valence-electron chi connectivity index (χ2n) is 1.29. The van der Waals surface area contributed by atoms with Crippen molar-refractivity contribution >= 4 is 17.2 Å². The summed E-state index contributed by atoms with van der Waals surface area (Å²) >= 11 is 4.59. The lowest BCUT2D eigenvalue weighted by molar-refractivity contribution is 1.11. The van der Waals surface area contributed by atoms with E-state index in [0.29, 0.717) is 4.99 Å². The van der Waals surface area contributed by atoms with E-state index in [2.05, 4.69) is 18.8 Å². The van der Waals surface area contributed by atoms with Gasteiger partial charge in [0.05, 0.1) is 4.99 Å². The Morgan fingerprint density at radius 1 is 1.86 bits per heavy atom. The summed E-state index contributed by atoms with van der Waals surface area (Å²) in [6.45, 7) is 3.52. The summed E-state index contributed by atoms with van der Waals surface area (Å²) in [4.78, 5) is 0.569. The van der Waals surface area contributed by atoms with Gasteiger partial charge in [-0.15, -0.1) is 6.58 Å². The average Bonchev–Trinajstić information content (AvgIpc) is 1.61. The van der Waals surface area contributed by atoms with Gasteiger partial charge >= 0.3 is 0 Å². The Hall–Kier alpha value is -0.370. The normalized spacial score (nSPS) is 8.00. The maximum absolute atomic E-state index is 5.16. The Morgan fingerprint density at radius 3 is 2.57 bits per heavy atom. The molecule has 0 radical (unpaired) electrons. The van der Waals surface area contributed by atoms with Crippen LogP contribution < -0.4 is 5.73 Å². The standard InChI is InChI=1S/C5H9NS/c1-2-3-4-5(6)7/h2H,1,3-4H2,(H2,6,7). The van der Waals surface area contributed by atoms with Gasteiger partial charge in [-0.25, -0.2) is 0 Å². The largest absolute Gasteiger partial charge is 0.393 e. The number of hydrogen-bond acceptors (Lipinski definition) is 1. The average molecular weight is 115 g/mol. The molecule has 0 aliphatic carbocycles. The predicted octanol–water partition coefficient (Wildman–Crippen LogP) is 1.24. The summed E-state index contributed by atoms with van der Waals surface area (Å²) in [5.74, 6) is 0. The fraction of sp³-hybridized carbons (Fsp3) is 0.400. The highest BCUT2D eigenvalue weighted by Gasteiger charge is 1.81. The van der Waals surface area contributed by atoms with Crippen LogP contribution in [0.1, 0.15) is 12.8 Å². The van der Waals surface area contributed by atoms with Gasteiger partial charge in [-0.2, -0.15) is 0 Å². The SMILES string of the molecule is C=CCCC(N)=S. The topological polar surface area (TPSA) is 26.0 Å². The van der Waals surface area contributed by atoms with Crippen molar-refractivity contribution in [2.24, 2.45) is 5.73 Å². The van der Waals surface area contributed by atoms with Gasteiger partial charge in [0.25, 0.3) is 0 Å². The van der Waals surface area contributed by atoms with Crippen molar-refractivity contribution < 1.29 is 0 Å². The second kappa shape index (κ2) is 3.81. The summed E-state index contributed by atoms with van der Waals surface area (Å²) < 4.78 is 0. The molecule has 1 nitrogen and oxygen atoms in total. The lowest BCUT2D eigenvalue weighted by atomic mass is 10.3. The Balaban J connectivity index is 2.97. The monoisotopic (exact) mass is 115 g/mol. The van der Waals surface area contributed by atoms with Gasteiger partial charge in [0.1, 0.15) is 0 Å². The minimum Gasteiger partial charge on any atom is -0.393 e. The van der Waals surface area contributed by atoms with E-state index in [1.54, 1.807) is 6.08 Å². The van der Waals surface area contributed by atoms with Gasteiger partial charge in [0.2, 0.25) is 0 Å². The van der Waals surface area contributed by atoms with Crippen molar-refractivity contribution in [2.45, 2.75) is 12.8 Å². The molecular formula is C5H9NS. The van der Waals surface area contributed by atoms with Gasteiger partial charge < -0.3 is 5.73 Å². The van der Waals surface area contributed by atoms with Crippen LogP contribution in [0.3, 0.4) is 0 Å². The summed E-state index contributed by atoms with van der Waals surface area (Å²) in [7, 11) is 0. The maximum atomic E-state index is 5.16. The Morgan fingerprint density at radius 2 is 2.43 bits per heavy atom. The molecule has 0 fully saturated rings. The van der Waals surface area contributed by atoms with E-state index >= 15 is 0 Å². The maximum Gasteiger partial charge on any atom is 0.0730 e. The van der Waals surface area contributed by atoms with Crippen molar-refractivity contribution in [2.75, 3.05) is 0 Å². The zero-order valence-corrected chi connectivity index (χ0v) is 5.00. The molecule has 0 atom stereocenters. The number of thiocarbonyl (C=S) groups is 1. The highest BCUT2D eigenvalue weighted by molar-refractivity contribution is 7.80. The zero-order valence-electron chi connectivity index (χ0n) is 4.18. The molecule has 0 aromatic carbocycles. The third-order valence-electron chi connectivity index (χ3n) is 0.595. The Bertz CT molecular complexity index is 78.1. The van der Waals surface area contributed by atoms with E-state index in [-0.39, 0.29) is 0 Å². The highest BCUT2D eigenvalue weighted by atomic mass is 32.1. The van der Waals surface area contributed by atoms with Crippen molar-refractivity contribution in [3.05, 3.63) is 12.7 Å². The van der Waals surface area contributed by atoms with E-state index in [0.717, 1.165) is 12.8 Å². The first-order valence-electron chi connectivity index (χ1n) is 2.16. The van der Waals surface area contributed by atoms with E-state index in [9.17, 15) is 0 Å². The van der Waals surface area contributed by atoms with E-state index in [1.165, 1.54) is 0 Å². The van der Waals surface area contributed by atoms with E-state index in [1.807, 2.05) is 0 Å². The fourth-order valence-electron chi connectivity index (χ4n) is 0.244. The van der Waals surface area contributed by atoms with Gasteiger partial charge in [-0.1, -0.05) is 18.3 Å². The van der Waals surface area contributed by atoms with Gasteiger partial charge in [-0.3, -0.25) is 0 Å². The first-order valence-corrected chi connectivity index (χ1v) is 2.57. The third-order valence-corrected chi connectivity index (χ3v) is 0.799. The molecule has 0 amide bonds. The zero-order chi connectivity index (χ0) is 5.70. The minimum absolute atomic E-state index is 0.569. The van der Waals surface area contributed by atoms with Crippen LogP contribution in [0.25, 0.3) is 0 Å². The Kier molecular flexibility index (Phi) is 3.61. The smallest absolute Gasteiger partial charge is 0.0730 e. The lowest BCUT2D eigenvalue weighted by Gasteiger charge is -1.87. The molecule has 0 saturated heterocycles. The van der Waals surface area contributed by atoms with Crippen LogP contribution in [0.5, 0.6) is 0 Å². The van der Waals surface area contributed by atoms with Crippen molar-refractivity contribution in [3.8, 4) is 0 Å². The highest BCUT2D eigenvalue weighted by Crippen LogP contribution is 1.86. The van der Waals surface area contributed by atoms with Gasteiger partial charge in [0.15, 0.2) is 0 Å².